The van der Waals surface area contributed by atoms with E-state index in [0.717, 1.165) is 23.7 Å². The van der Waals surface area contributed by atoms with Crippen molar-refractivity contribution in [2.24, 2.45) is 23.7 Å². The Kier molecular flexibility index (Phi) is 3.48. The van der Waals surface area contributed by atoms with Crippen molar-refractivity contribution in [2.75, 3.05) is 13.1 Å². The molecule has 2 rings (SSSR count). The third-order valence-electron chi connectivity index (χ3n) is 4.45. The maximum Gasteiger partial charge on any atom is -0.00151 e. The lowest BCUT2D eigenvalue weighted by Gasteiger charge is -2.37. The molecule has 1 N–H and O–H groups in total. The highest BCUT2D eigenvalue weighted by molar-refractivity contribution is 4.86. The van der Waals surface area contributed by atoms with Gasteiger partial charge in [0.15, 0.2) is 0 Å². The fourth-order valence-corrected chi connectivity index (χ4v) is 3.62. The lowest BCUT2D eigenvalue weighted by Crippen LogP contribution is -2.41. The van der Waals surface area contributed by atoms with Crippen LogP contribution >= 0.6 is 0 Å². The van der Waals surface area contributed by atoms with Crippen molar-refractivity contribution >= 4 is 0 Å². The van der Waals surface area contributed by atoms with Crippen molar-refractivity contribution in [3.63, 3.8) is 0 Å². The fraction of sp³-hybridized carbons (Fsp3) is 1.00. The Morgan fingerprint density at radius 3 is 2.64 bits per heavy atom. The standard InChI is InChI=1S/C13H25N/c1-10(2)12-6-4-3-5-11-7-8-14-9-13(11)12/h10-14H,3-9H2,1-2H3. The first-order valence-electron chi connectivity index (χ1n) is 6.49. The Morgan fingerprint density at radius 1 is 1.07 bits per heavy atom. The van der Waals surface area contributed by atoms with Gasteiger partial charge in [-0.2, -0.15) is 0 Å². The van der Waals surface area contributed by atoms with E-state index >= 15 is 0 Å². The molecule has 0 aromatic carbocycles. The number of nitrogens with one attached hydrogen (secondary N) is 1. The molecule has 3 unspecified atom stereocenters. The van der Waals surface area contributed by atoms with Gasteiger partial charge in [0, 0.05) is 0 Å². The van der Waals surface area contributed by atoms with Crippen LogP contribution in [0, 0.1) is 23.7 Å². The molecule has 82 valence electrons. The first-order valence-corrected chi connectivity index (χ1v) is 6.49. The van der Waals surface area contributed by atoms with Crippen LogP contribution in [0.5, 0.6) is 0 Å². The average molecular weight is 195 g/mol. The second-order valence-corrected chi connectivity index (χ2v) is 5.61. The molecule has 0 radical (unpaired) electrons. The van der Waals surface area contributed by atoms with E-state index in [0.29, 0.717) is 0 Å². The molecule has 3 atom stereocenters. The number of hydrogen-bond acceptors (Lipinski definition) is 1. The van der Waals surface area contributed by atoms with Crippen LogP contribution in [0.15, 0.2) is 0 Å². The van der Waals surface area contributed by atoms with E-state index in [1.807, 2.05) is 0 Å². The predicted octanol–water partition coefficient (Wildman–Crippen LogP) is 3.06. The third kappa shape index (κ3) is 2.13. The van der Waals surface area contributed by atoms with Crippen molar-refractivity contribution in [1.82, 2.24) is 5.32 Å². The van der Waals surface area contributed by atoms with Gasteiger partial charge in [-0.3, -0.25) is 0 Å². The highest BCUT2D eigenvalue weighted by Gasteiger charge is 2.34. The summed E-state index contributed by atoms with van der Waals surface area (Å²) in [5.74, 6) is 3.92. The van der Waals surface area contributed by atoms with E-state index < -0.39 is 0 Å². The normalized spacial score (nSPS) is 39.2. The Bertz CT molecular complexity index is 176. The summed E-state index contributed by atoms with van der Waals surface area (Å²) in [4.78, 5) is 0. The summed E-state index contributed by atoms with van der Waals surface area (Å²) in [5.41, 5.74) is 0. The Morgan fingerprint density at radius 2 is 1.86 bits per heavy atom. The van der Waals surface area contributed by atoms with Gasteiger partial charge in [0.1, 0.15) is 0 Å². The van der Waals surface area contributed by atoms with Crippen LogP contribution < -0.4 is 5.32 Å². The van der Waals surface area contributed by atoms with Gasteiger partial charge in [0.2, 0.25) is 0 Å². The zero-order valence-electron chi connectivity index (χ0n) is 9.76. The smallest absolute Gasteiger partial charge is 0.00151 e. The summed E-state index contributed by atoms with van der Waals surface area (Å²) < 4.78 is 0. The van der Waals surface area contributed by atoms with E-state index in [4.69, 9.17) is 0 Å². The van der Waals surface area contributed by atoms with Gasteiger partial charge in [-0.25, -0.2) is 0 Å². The second kappa shape index (κ2) is 4.65. The molecule has 1 saturated carbocycles. The second-order valence-electron chi connectivity index (χ2n) is 5.61. The summed E-state index contributed by atoms with van der Waals surface area (Å²) in [6, 6.07) is 0. The molecule has 1 heterocycles. The summed E-state index contributed by atoms with van der Waals surface area (Å²) in [6.45, 7) is 7.41. The quantitative estimate of drug-likeness (QED) is 0.678. The monoisotopic (exact) mass is 195 g/mol. The number of piperidine rings is 1. The molecular weight excluding hydrogens is 170 g/mol. The number of rotatable bonds is 1. The molecule has 1 aliphatic carbocycles. The zero-order chi connectivity index (χ0) is 9.97. The molecule has 0 aromatic heterocycles. The van der Waals surface area contributed by atoms with Crippen LogP contribution in [-0.2, 0) is 0 Å². The topological polar surface area (TPSA) is 12.0 Å². The molecule has 14 heavy (non-hydrogen) atoms. The summed E-state index contributed by atoms with van der Waals surface area (Å²) in [6.07, 6.45) is 7.41. The number of hydrogen-bond donors (Lipinski definition) is 1. The largest absolute Gasteiger partial charge is 0.316 e. The lowest BCUT2D eigenvalue weighted by molar-refractivity contribution is 0.143. The van der Waals surface area contributed by atoms with Gasteiger partial charge >= 0.3 is 0 Å². The van der Waals surface area contributed by atoms with E-state index in [1.54, 1.807) is 0 Å². The van der Waals surface area contributed by atoms with Gasteiger partial charge in [-0.15, -0.1) is 0 Å². The van der Waals surface area contributed by atoms with Gasteiger partial charge in [-0.1, -0.05) is 33.1 Å². The van der Waals surface area contributed by atoms with Crippen LogP contribution in [0.25, 0.3) is 0 Å². The molecule has 0 aromatic rings. The van der Waals surface area contributed by atoms with Crippen molar-refractivity contribution in [3.8, 4) is 0 Å². The van der Waals surface area contributed by atoms with Crippen molar-refractivity contribution in [3.05, 3.63) is 0 Å². The zero-order valence-corrected chi connectivity index (χ0v) is 9.76. The molecular formula is C13H25N. The molecule has 1 aliphatic heterocycles. The first kappa shape index (κ1) is 10.5. The Hall–Kier alpha value is -0.0400. The summed E-state index contributed by atoms with van der Waals surface area (Å²) >= 11 is 0. The van der Waals surface area contributed by atoms with Gasteiger partial charge < -0.3 is 5.32 Å². The molecule has 2 aliphatic rings. The van der Waals surface area contributed by atoms with E-state index in [1.165, 1.54) is 45.2 Å². The van der Waals surface area contributed by atoms with Crippen LogP contribution in [0.1, 0.15) is 46.0 Å². The van der Waals surface area contributed by atoms with Crippen LogP contribution in [0.2, 0.25) is 0 Å². The minimum atomic E-state index is 0.889. The van der Waals surface area contributed by atoms with Crippen LogP contribution in [0.3, 0.4) is 0 Å². The molecule has 1 saturated heterocycles. The average Bonchev–Trinajstić information content (AvgIpc) is 2.39. The predicted molar refractivity (Wildman–Crippen MR) is 61.3 cm³/mol. The molecule has 0 amide bonds. The minimum Gasteiger partial charge on any atom is -0.316 e. The van der Waals surface area contributed by atoms with Crippen molar-refractivity contribution < 1.29 is 0 Å². The van der Waals surface area contributed by atoms with E-state index in [-0.39, 0.29) is 0 Å². The third-order valence-corrected chi connectivity index (χ3v) is 4.45. The Labute approximate surface area is 88.7 Å². The lowest BCUT2D eigenvalue weighted by atomic mass is 9.72. The summed E-state index contributed by atoms with van der Waals surface area (Å²) in [5, 5.41) is 3.60. The van der Waals surface area contributed by atoms with E-state index in [2.05, 4.69) is 19.2 Å². The van der Waals surface area contributed by atoms with Crippen LogP contribution in [-0.4, -0.2) is 13.1 Å². The molecule has 1 nitrogen and oxygen atoms in total. The minimum absolute atomic E-state index is 0.889. The van der Waals surface area contributed by atoms with Crippen LogP contribution in [0.4, 0.5) is 0 Å². The molecule has 2 fully saturated rings. The molecule has 0 spiro atoms. The van der Waals surface area contributed by atoms with Gasteiger partial charge in [0.05, 0.1) is 0 Å². The highest BCUT2D eigenvalue weighted by atomic mass is 14.9. The summed E-state index contributed by atoms with van der Waals surface area (Å²) in [7, 11) is 0. The van der Waals surface area contributed by atoms with Crippen molar-refractivity contribution in [2.45, 2.75) is 46.0 Å². The molecule has 1 heteroatoms. The molecule has 0 bridgehead atoms. The fourth-order valence-electron chi connectivity index (χ4n) is 3.62. The highest BCUT2D eigenvalue weighted by Crippen LogP contribution is 2.39. The maximum atomic E-state index is 3.60. The first-order chi connectivity index (χ1) is 6.79. The SMILES string of the molecule is CC(C)C1CCCCC2CCNCC21. The van der Waals surface area contributed by atoms with Crippen molar-refractivity contribution in [1.29, 1.82) is 0 Å². The van der Waals surface area contributed by atoms with E-state index in [9.17, 15) is 0 Å². The maximum absolute atomic E-state index is 3.60. The van der Waals surface area contributed by atoms with Gasteiger partial charge in [0.25, 0.3) is 0 Å². The van der Waals surface area contributed by atoms with Gasteiger partial charge in [-0.05, 0) is 49.6 Å². The number of fused-ring (bicyclic) bond motifs is 1. The Balaban J connectivity index is 2.06.